The van der Waals surface area contributed by atoms with Crippen LogP contribution < -0.4 is 11.1 Å². The van der Waals surface area contributed by atoms with Crippen LogP contribution in [0.2, 0.25) is 0 Å². The molecule has 138 valence electrons. The van der Waals surface area contributed by atoms with E-state index in [1.807, 2.05) is 44.2 Å². The minimum atomic E-state index is -0.730. The van der Waals surface area contributed by atoms with Gasteiger partial charge in [-0.2, -0.15) is 0 Å². The molecule has 0 aromatic heterocycles. The van der Waals surface area contributed by atoms with Crippen LogP contribution in [0.1, 0.15) is 32.8 Å². The molecule has 0 radical (unpaired) electrons. The Labute approximate surface area is 149 Å². The number of nitrogens with two attached hydrogens (primary N) is 1. The molecular weight excluding hydrogens is 320 g/mol. The molecule has 0 fully saturated rings. The fraction of sp³-hybridized carbons (Fsp3) is 0.526. The Balaban J connectivity index is 2.88. The first-order valence-electron chi connectivity index (χ1n) is 8.46. The minimum absolute atomic E-state index is 0.00136. The highest BCUT2D eigenvalue weighted by molar-refractivity contribution is 5.92. The molecule has 6 nitrogen and oxygen atoms in total. The highest BCUT2D eigenvalue weighted by atomic mass is 16.5. The van der Waals surface area contributed by atoms with E-state index < -0.39 is 24.0 Å². The Morgan fingerprint density at radius 1 is 1.12 bits per heavy atom. The predicted octanol–water partition coefficient (Wildman–Crippen LogP) is 1.47. The summed E-state index contributed by atoms with van der Waals surface area (Å²) < 4.78 is 4.66. The van der Waals surface area contributed by atoms with Gasteiger partial charge >= 0.3 is 5.97 Å². The maximum atomic E-state index is 12.6. The summed E-state index contributed by atoms with van der Waals surface area (Å²) in [7, 11) is 1.29. The molecular formula is C19H28N2O4. The number of hydrogen-bond acceptors (Lipinski definition) is 5. The number of methoxy groups -OCH3 is 1. The highest BCUT2D eigenvalue weighted by Crippen LogP contribution is 2.12. The van der Waals surface area contributed by atoms with Crippen molar-refractivity contribution in [1.82, 2.24) is 5.32 Å². The van der Waals surface area contributed by atoms with Gasteiger partial charge in [0.2, 0.25) is 5.91 Å². The van der Waals surface area contributed by atoms with Crippen LogP contribution >= 0.6 is 0 Å². The van der Waals surface area contributed by atoms with Gasteiger partial charge in [-0.3, -0.25) is 14.4 Å². The third kappa shape index (κ3) is 6.66. The van der Waals surface area contributed by atoms with E-state index in [0.29, 0.717) is 6.42 Å². The number of amides is 1. The number of carbonyl (C=O) groups is 3. The van der Waals surface area contributed by atoms with Gasteiger partial charge in [-0.25, -0.2) is 0 Å². The van der Waals surface area contributed by atoms with Gasteiger partial charge < -0.3 is 15.8 Å². The lowest BCUT2D eigenvalue weighted by molar-refractivity contribution is -0.146. The summed E-state index contributed by atoms with van der Waals surface area (Å²) in [6, 6.07) is 7.98. The number of nitrogens with one attached hydrogen (secondary N) is 1. The molecule has 0 aliphatic rings. The average molecular weight is 348 g/mol. The lowest BCUT2D eigenvalue weighted by Gasteiger charge is -2.22. The van der Waals surface area contributed by atoms with Gasteiger partial charge in [-0.15, -0.1) is 0 Å². The van der Waals surface area contributed by atoms with Crippen LogP contribution in [0.4, 0.5) is 0 Å². The first-order chi connectivity index (χ1) is 11.8. The number of rotatable bonds is 9. The highest BCUT2D eigenvalue weighted by Gasteiger charge is 2.28. The predicted molar refractivity (Wildman–Crippen MR) is 95.7 cm³/mol. The number of ketones is 1. The second kappa shape index (κ2) is 9.93. The van der Waals surface area contributed by atoms with Crippen LogP contribution in [0.15, 0.2) is 30.3 Å². The van der Waals surface area contributed by atoms with Crippen molar-refractivity contribution in [2.24, 2.45) is 17.6 Å². The molecule has 3 atom stereocenters. The number of hydrogen-bond donors (Lipinski definition) is 2. The van der Waals surface area contributed by atoms with Gasteiger partial charge in [0.05, 0.1) is 25.1 Å². The van der Waals surface area contributed by atoms with E-state index in [1.165, 1.54) is 7.11 Å². The molecule has 1 rings (SSSR count). The maximum Gasteiger partial charge on any atom is 0.308 e. The van der Waals surface area contributed by atoms with Crippen molar-refractivity contribution in [3.8, 4) is 0 Å². The number of benzene rings is 1. The number of carbonyl (C=O) groups excluding carboxylic acids is 3. The molecule has 0 spiro atoms. The van der Waals surface area contributed by atoms with Gasteiger partial charge in [-0.1, -0.05) is 51.1 Å². The molecule has 0 saturated carbocycles. The Hall–Kier alpha value is -2.21. The molecule has 0 heterocycles. The maximum absolute atomic E-state index is 12.6. The summed E-state index contributed by atoms with van der Waals surface area (Å²) in [5.74, 6) is -1.63. The summed E-state index contributed by atoms with van der Waals surface area (Å²) >= 11 is 0. The Morgan fingerprint density at radius 2 is 1.72 bits per heavy atom. The first-order valence-corrected chi connectivity index (χ1v) is 8.46. The molecule has 0 saturated heterocycles. The van der Waals surface area contributed by atoms with E-state index in [2.05, 4.69) is 10.1 Å². The second-order valence-corrected chi connectivity index (χ2v) is 6.62. The van der Waals surface area contributed by atoms with Gasteiger partial charge in [-0.05, 0) is 17.9 Å². The van der Waals surface area contributed by atoms with E-state index >= 15 is 0 Å². The Morgan fingerprint density at radius 3 is 2.24 bits per heavy atom. The summed E-state index contributed by atoms with van der Waals surface area (Å²) in [4.78, 5) is 36.5. The van der Waals surface area contributed by atoms with E-state index in [0.717, 1.165) is 5.56 Å². The average Bonchev–Trinajstić information content (AvgIpc) is 2.60. The minimum Gasteiger partial charge on any atom is -0.469 e. The third-order valence-corrected chi connectivity index (χ3v) is 4.12. The van der Waals surface area contributed by atoms with Crippen LogP contribution in [0, 0.1) is 11.8 Å². The Bertz CT molecular complexity index is 586. The van der Waals surface area contributed by atoms with E-state index in [-0.39, 0.29) is 24.0 Å². The van der Waals surface area contributed by atoms with Crippen molar-refractivity contribution in [1.29, 1.82) is 0 Å². The molecule has 6 heteroatoms. The lowest BCUT2D eigenvalue weighted by Crippen LogP contribution is -2.51. The fourth-order valence-corrected chi connectivity index (χ4v) is 2.39. The van der Waals surface area contributed by atoms with Crippen LogP contribution in [0.5, 0.6) is 0 Å². The van der Waals surface area contributed by atoms with Crippen LogP contribution in [-0.4, -0.2) is 36.9 Å². The zero-order chi connectivity index (χ0) is 19.0. The molecule has 1 aromatic rings. The molecule has 3 N–H and O–H groups in total. The topological polar surface area (TPSA) is 98.5 Å². The van der Waals surface area contributed by atoms with Crippen molar-refractivity contribution in [2.75, 3.05) is 7.11 Å². The van der Waals surface area contributed by atoms with Crippen LogP contribution in [-0.2, 0) is 25.5 Å². The fourth-order valence-electron chi connectivity index (χ4n) is 2.39. The molecule has 0 aliphatic carbocycles. The van der Waals surface area contributed by atoms with E-state index in [9.17, 15) is 14.4 Å². The van der Waals surface area contributed by atoms with Crippen molar-refractivity contribution in [3.63, 3.8) is 0 Å². The van der Waals surface area contributed by atoms with Gasteiger partial charge in [0.1, 0.15) is 0 Å². The van der Waals surface area contributed by atoms with Crippen molar-refractivity contribution >= 4 is 17.7 Å². The second-order valence-electron chi connectivity index (χ2n) is 6.62. The van der Waals surface area contributed by atoms with Crippen molar-refractivity contribution in [3.05, 3.63) is 35.9 Å². The third-order valence-electron chi connectivity index (χ3n) is 4.12. The SMILES string of the molecule is COC(=O)[C@H](C)CC(=O)[C@H](Cc1ccccc1)NC(=O)[C@@H](N)C(C)C. The van der Waals surface area contributed by atoms with Gasteiger partial charge in [0.15, 0.2) is 5.78 Å². The summed E-state index contributed by atoms with van der Waals surface area (Å²) in [5.41, 5.74) is 6.80. The van der Waals surface area contributed by atoms with Crippen molar-refractivity contribution in [2.45, 2.75) is 45.7 Å². The smallest absolute Gasteiger partial charge is 0.308 e. The van der Waals surface area contributed by atoms with E-state index in [1.54, 1.807) is 6.92 Å². The summed E-state index contributed by atoms with van der Waals surface area (Å²) in [5, 5.41) is 2.74. The number of Topliss-reactive ketones (excluding diaryl/α,β-unsaturated/α-hetero) is 1. The molecule has 0 bridgehead atoms. The number of esters is 1. The van der Waals surface area contributed by atoms with Crippen molar-refractivity contribution < 1.29 is 19.1 Å². The van der Waals surface area contributed by atoms with E-state index in [4.69, 9.17) is 5.73 Å². The molecule has 1 amide bonds. The molecule has 25 heavy (non-hydrogen) atoms. The Kier molecular flexibility index (Phi) is 8.28. The lowest BCUT2D eigenvalue weighted by atomic mass is 9.94. The van der Waals surface area contributed by atoms with Crippen LogP contribution in [0.3, 0.4) is 0 Å². The quantitative estimate of drug-likeness (QED) is 0.659. The molecule has 1 aromatic carbocycles. The largest absolute Gasteiger partial charge is 0.469 e. The molecule has 0 aliphatic heterocycles. The van der Waals surface area contributed by atoms with Gasteiger partial charge in [0, 0.05) is 6.42 Å². The monoisotopic (exact) mass is 348 g/mol. The molecule has 0 unspecified atom stereocenters. The summed E-state index contributed by atoms with van der Waals surface area (Å²) in [6.07, 6.45) is 0.353. The van der Waals surface area contributed by atoms with Crippen LogP contribution in [0.25, 0.3) is 0 Å². The van der Waals surface area contributed by atoms with Gasteiger partial charge in [0.25, 0.3) is 0 Å². The zero-order valence-corrected chi connectivity index (χ0v) is 15.3. The summed E-state index contributed by atoms with van der Waals surface area (Å²) in [6.45, 7) is 5.32. The normalized spacial score (nSPS) is 14.5. The zero-order valence-electron chi connectivity index (χ0n) is 15.3. The standard InChI is InChI=1S/C19H28N2O4/c1-12(2)17(20)18(23)21-15(11-14-8-6-5-7-9-14)16(22)10-13(3)19(24)25-4/h5-9,12-13,15,17H,10-11,20H2,1-4H3,(H,21,23)/t13-,15+,17+/m1/s1. The first kappa shape index (κ1) is 20.8. The number of ether oxygens (including phenoxy) is 1.